The number of fused-ring (bicyclic) bond motifs is 2. The molecule has 2 fully saturated rings. The van der Waals surface area contributed by atoms with Crippen LogP contribution >= 0.6 is 0 Å². The van der Waals surface area contributed by atoms with Gasteiger partial charge in [0.05, 0.1) is 11.9 Å². The highest BCUT2D eigenvalue weighted by Crippen LogP contribution is 2.66. The molecule has 0 aromatic carbocycles. The fourth-order valence-corrected chi connectivity index (χ4v) is 6.35. The minimum absolute atomic E-state index is 0.0830. The molecule has 176 valence electrons. The molecular formula is C15H18F9NO4S. The Hall–Kier alpha value is -1.25. The molecule has 3 unspecified atom stereocenters. The van der Waals surface area contributed by atoms with Gasteiger partial charge in [0.1, 0.15) is 0 Å². The molecule has 1 amide bonds. The maximum Gasteiger partial charge on any atom is 0.460 e. The summed E-state index contributed by atoms with van der Waals surface area (Å²) in [6, 6.07) is 0. The van der Waals surface area contributed by atoms with Crippen molar-refractivity contribution in [3.05, 3.63) is 0 Å². The predicted octanol–water partition coefficient (Wildman–Crippen LogP) is 3.09. The van der Waals surface area contributed by atoms with Crippen LogP contribution in [0.5, 0.6) is 0 Å². The van der Waals surface area contributed by atoms with Gasteiger partial charge in [0, 0.05) is 5.41 Å². The second-order valence-electron chi connectivity index (χ2n) is 8.28. The molecule has 30 heavy (non-hydrogen) atoms. The number of sulfonamides is 1. The number of hydrogen-bond donors (Lipinski definition) is 2. The quantitative estimate of drug-likeness (QED) is 0.574. The minimum atomic E-state index is -7.33. The molecule has 0 spiro atoms. The zero-order chi connectivity index (χ0) is 23.8. The van der Waals surface area contributed by atoms with Gasteiger partial charge in [0.2, 0.25) is 10.0 Å². The molecule has 0 aromatic rings. The van der Waals surface area contributed by atoms with Crippen molar-refractivity contribution in [2.75, 3.05) is 5.75 Å². The van der Waals surface area contributed by atoms with E-state index >= 15 is 0 Å². The van der Waals surface area contributed by atoms with Gasteiger partial charge < -0.3 is 5.11 Å². The lowest BCUT2D eigenvalue weighted by Gasteiger charge is -2.40. The number of carbonyl (C=O) groups excluding carboxylic acids is 1. The summed E-state index contributed by atoms with van der Waals surface area (Å²) in [6.45, 7) is 3.15. The summed E-state index contributed by atoms with van der Waals surface area (Å²) in [7, 11) is -5.24. The smallest absolute Gasteiger partial charge is 0.392 e. The second-order valence-corrected chi connectivity index (χ2v) is 10.00. The molecule has 2 aliphatic rings. The summed E-state index contributed by atoms with van der Waals surface area (Å²) in [5.41, 5.74) is -2.31. The Bertz CT molecular complexity index is 824. The number of alkyl halides is 9. The first-order valence-electron chi connectivity index (χ1n) is 8.50. The molecule has 15 heteroatoms. The highest BCUT2D eigenvalue weighted by atomic mass is 32.2. The highest BCUT2D eigenvalue weighted by Gasteiger charge is 2.84. The van der Waals surface area contributed by atoms with Gasteiger partial charge in [-0.3, -0.25) is 4.79 Å². The van der Waals surface area contributed by atoms with Gasteiger partial charge in [-0.15, -0.1) is 0 Å². The number of nitrogens with one attached hydrogen (secondary N) is 1. The van der Waals surface area contributed by atoms with Crippen molar-refractivity contribution in [3.63, 3.8) is 0 Å². The summed E-state index contributed by atoms with van der Waals surface area (Å²) in [5, 5.41) is 10.2. The molecule has 5 nitrogen and oxygen atoms in total. The van der Waals surface area contributed by atoms with Crippen molar-refractivity contribution in [1.82, 2.24) is 4.72 Å². The van der Waals surface area contributed by atoms with E-state index in [0.29, 0.717) is 11.1 Å². The number of amides is 1. The first-order valence-corrected chi connectivity index (χ1v) is 10.2. The van der Waals surface area contributed by atoms with Crippen LogP contribution in [0.15, 0.2) is 0 Å². The normalized spacial score (nSPS) is 29.9. The average molecular weight is 479 g/mol. The van der Waals surface area contributed by atoms with E-state index in [4.69, 9.17) is 0 Å². The average Bonchev–Trinajstić information content (AvgIpc) is 2.86. The summed E-state index contributed by atoms with van der Waals surface area (Å²) < 4.78 is 141. The Morgan fingerprint density at radius 1 is 1.03 bits per heavy atom. The van der Waals surface area contributed by atoms with Crippen LogP contribution in [0, 0.1) is 16.7 Å². The van der Waals surface area contributed by atoms with Gasteiger partial charge in [0.15, 0.2) is 0 Å². The van der Waals surface area contributed by atoms with Gasteiger partial charge in [-0.05, 0) is 30.6 Å². The van der Waals surface area contributed by atoms with Gasteiger partial charge in [0.25, 0.3) is 0 Å². The molecule has 2 N–H and O–H groups in total. The minimum Gasteiger partial charge on any atom is -0.392 e. The third kappa shape index (κ3) is 3.26. The zero-order valence-corrected chi connectivity index (χ0v) is 16.3. The first kappa shape index (κ1) is 25.0. The van der Waals surface area contributed by atoms with Crippen LogP contribution in [-0.2, 0) is 14.8 Å². The Morgan fingerprint density at radius 2 is 1.53 bits per heavy atom. The lowest BCUT2D eigenvalue weighted by Crippen LogP contribution is -2.66. The van der Waals surface area contributed by atoms with E-state index in [2.05, 4.69) is 0 Å². The van der Waals surface area contributed by atoms with Crippen molar-refractivity contribution in [3.8, 4) is 0 Å². The van der Waals surface area contributed by atoms with E-state index in [1.807, 2.05) is 0 Å². The largest absolute Gasteiger partial charge is 0.460 e. The van der Waals surface area contributed by atoms with Gasteiger partial charge in [-0.25, -0.2) is 13.1 Å². The Morgan fingerprint density at radius 3 is 1.90 bits per heavy atom. The fraction of sp³-hybridized carbons (Fsp3) is 0.933. The summed E-state index contributed by atoms with van der Waals surface area (Å²) in [4.78, 5) is 11.4. The second kappa shape index (κ2) is 6.62. The number of rotatable bonds is 6. The number of carbonyl (C=O) groups is 1. The molecule has 2 rings (SSSR count). The molecule has 2 bridgehead atoms. The van der Waals surface area contributed by atoms with E-state index < -0.39 is 62.6 Å². The summed E-state index contributed by atoms with van der Waals surface area (Å²) in [5.74, 6) is -26.2. The van der Waals surface area contributed by atoms with Crippen molar-refractivity contribution in [2.24, 2.45) is 16.7 Å². The van der Waals surface area contributed by atoms with E-state index in [1.165, 1.54) is 0 Å². The monoisotopic (exact) mass is 479 g/mol. The molecule has 2 aliphatic carbocycles. The predicted molar refractivity (Wildman–Crippen MR) is 82.4 cm³/mol. The van der Waals surface area contributed by atoms with E-state index in [1.54, 1.807) is 13.8 Å². The van der Waals surface area contributed by atoms with E-state index in [0.717, 1.165) is 0 Å². The number of hydrogen-bond acceptors (Lipinski definition) is 4. The molecule has 0 aliphatic heterocycles. The number of aliphatic hydroxyl groups is 1. The highest BCUT2D eigenvalue weighted by molar-refractivity contribution is 7.90. The van der Waals surface area contributed by atoms with Crippen LogP contribution < -0.4 is 4.72 Å². The van der Waals surface area contributed by atoms with Crippen molar-refractivity contribution in [2.45, 2.75) is 63.2 Å². The number of aliphatic hydroxyl groups excluding tert-OH is 1. The molecule has 0 aromatic heterocycles. The van der Waals surface area contributed by atoms with E-state index in [9.17, 15) is 57.8 Å². The third-order valence-corrected chi connectivity index (χ3v) is 7.91. The maximum atomic E-state index is 13.6. The maximum absolute atomic E-state index is 13.6. The van der Waals surface area contributed by atoms with Gasteiger partial charge in [-0.2, -0.15) is 39.5 Å². The number of halogens is 9. The lowest BCUT2D eigenvalue weighted by molar-refractivity contribution is -0.388. The SMILES string of the molecule is CC1(C)C2CCC1(CS(=O)(=O)NC(=O)C(F)(F)C(F)(F)C(F)(F)C(F)(F)F)C(O)C2. The van der Waals surface area contributed by atoms with Gasteiger partial charge >= 0.3 is 29.9 Å². The standard InChI is InChI=1S/C15H18F9NO4S/c1-10(2)7-3-4-11(10,8(26)5-7)6-30(28,29)25-9(27)12(16,17)13(18,19)14(20,21)15(22,23)24/h7-8,26H,3-6H2,1-2H3,(H,25,27). The summed E-state index contributed by atoms with van der Waals surface area (Å²) in [6.07, 6.45) is -7.70. The van der Waals surface area contributed by atoms with Crippen LogP contribution in [0.4, 0.5) is 39.5 Å². The third-order valence-electron chi connectivity index (χ3n) is 6.51. The Labute approximate surface area is 165 Å². The fourth-order valence-electron chi connectivity index (χ4n) is 4.48. The Balaban J connectivity index is 2.30. The van der Waals surface area contributed by atoms with E-state index in [-0.39, 0.29) is 18.8 Å². The Kier molecular flexibility index (Phi) is 5.52. The summed E-state index contributed by atoms with van der Waals surface area (Å²) >= 11 is 0. The topological polar surface area (TPSA) is 83.5 Å². The van der Waals surface area contributed by atoms with Crippen LogP contribution in [0.2, 0.25) is 0 Å². The molecule has 2 saturated carbocycles. The van der Waals surface area contributed by atoms with Crippen LogP contribution in [0.25, 0.3) is 0 Å². The first-order chi connectivity index (χ1) is 13.1. The van der Waals surface area contributed by atoms with Crippen LogP contribution in [0.1, 0.15) is 33.1 Å². The van der Waals surface area contributed by atoms with Crippen LogP contribution in [-0.4, -0.2) is 55.2 Å². The van der Waals surface area contributed by atoms with Crippen molar-refractivity contribution in [1.29, 1.82) is 0 Å². The molecular weight excluding hydrogens is 461 g/mol. The molecule has 0 radical (unpaired) electrons. The zero-order valence-electron chi connectivity index (χ0n) is 15.5. The molecule has 0 saturated heterocycles. The van der Waals surface area contributed by atoms with Gasteiger partial charge in [-0.1, -0.05) is 13.8 Å². The lowest BCUT2D eigenvalue weighted by atomic mass is 9.70. The van der Waals surface area contributed by atoms with Crippen molar-refractivity contribution >= 4 is 15.9 Å². The molecule has 0 heterocycles. The van der Waals surface area contributed by atoms with Crippen LogP contribution in [0.3, 0.4) is 0 Å². The molecule has 3 atom stereocenters. The van der Waals surface area contributed by atoms with Crippen molar-refractivity contribution < 1.29 is 57.8 Å².